The molecule has 1 atom stereocenters. The van der Waals surface area contributed by atoms with Gasteiger partial charge in [0.2, 0.25) is 17.7 Å². The second-order valence-corrected chi connectivity index (χ2v) is 9.84. The Morgan fingerprint density at radius 3 is 2.25 bits per heavy atom. The first-order chi connectivity index (χ1) is 16.9. The van der Waals surface area contributed by atoms with Gasteiger partial charge in [-0.15, -0.1) is 0 Å². The highest BCUT2D eigenvalue weighted by molar-refractivity contribution is 5.97. The molecule has 10 nitrogen and oxygen atoms in total. The van der Waals surface area contributed by atoms with E-state index < -0.39 is 23.4 Å². The Bertz CT molecular complexity index is 941. The SMILES string of the molecule is CC(=O)NCCCC[C@H](NC(C)=O)C(=O)Nc1ccc(N2CCN(C(=O)OC(C)(C)C)CC2)c(F)c1. The van der Waals surface area contributed by atoms with Gasteiger partial charge in [-0.3, -0.25) is 14.4 Å². The van der Waals surface area contributed by atoms with Crippen molar-refractivity contribution in [2.45, 2.75) is 65.5 Å². The zero-order chi connectivity index (χ0) is 26.9. The number of amides is 4. The van der Waals surface area contributed by atoms with Crippen LogP contribution in [-0.2, 0) is 19.1 Å². The lowest BCUT2D eigenvalue weighted by atomic mass is 10.1. The van der Waals surface area contributed by atoms with Crippen molar-refractivity contribution in [1.29, 1.82) is 0 Å². The molecule has 1 aromatic carbocycles. The number of rotatable bonds is 9. The lowest BCUT2D eigenvalue weighted by Crippen LogP contribution is -2.50. The lowest BCUT2D eigenvalue weighted by Gasteiger charge is -2.36. The van der Waals surface area contributed by atoms with Crippen molar-refractivity contribution in [1.82, 2.24) is 15.5 Å². The third-order valence-electron chi connectivity index (χ3n) is 5.47. The van der Waals surface area contributed by atoms with Crippen molar-refractivity contribution in [3.63, 3.8) is 0 Å². The molecule has 0 aliphatic carbocycles. The van der Waals surface area contributed by atoms with Gasteiger partial charge in [0.05, 0.1) is 5.69 Å². The first-order valence-electron chi connectivity index (χ1n) is 12.2. The molecular weight excluding hydrogens is 469 g/mol. The summed E-state index contributed by atoms with van der Waals surface area (Å²) in [4.78, 5) is 50.9. The van der Waals surface area contributed by atoms with Crippen molar-refractivity contribution in [2.24, 2.45) is 0 Å². The number of hydrogen-bond donors (Lipinski definition) is 3. The number of anilines is 2. The molecule has 1 aromatic rings. The molecule has 0 unspecified atom stereocenters. The molecule has 1 aliphatic rings. The Morgan fingerprint density at radius 1 is 1.03 bits per heavy atom. The molecule has 2 rings (SSSR count). The number of carbonyl (C=O) groups is 4. The lowest BCUT2D eigenvalue weighted by molar-refractivity contribution is -0.125. The number of nitrogens with one attached hydrogen (secondary N) is 3. The van der Waals surface area contributed by atoms with E-state index in [0.717, 1.165) is 0 Å². The van der Waals surface area contributed by atoms with Gasteiger partial charge in [0.15, 0.2) is 0 Å². The first-order valence-corrected chi connectivity index (χ1v) is 12.2. The Balaban J connectivity index is 1.93. The minimum Gasteiger partial charge on any atom is -0.444 e. The molecule has 36 heavy (non-hydrogen) atoms. The number of halogens is 1. The van der Waals surface area contributed by atoms with Gasteiger partial charge in [-0.25, -0.2) is 9.18 Å². The molecule has 0 radical (unpaired) electrons. The predicted molar refractivity (Wildman–Crippen MR) is 135 cm³/mol. The molecular formula is C25H38FN5O5. The van der Waals surface area contributed by atoms with E-state index >= 15 is 0 Å². The number of unbranched alkanes of at least 4 members (excludes halogenated alkanes) is 1. The fourth-order valence-electron chi connectivity index (χ4n) is 3.78. The van der Waals surface area contributed by atoms with Crippen molar-refractivity contribution in [3.05, 3.63) is 24.0 Å². The Kier molecular flexibility index (Phi) is 10.5. The van der Waals surface area contributed by atoms with Crippen LogP contribution in [0.4, 0.5) is 20.6 Å². The molecule has 1 aliphatic heterocycles. The smallest absolute Gasteiger partial charge is 0.410 e. The molecule has 1 heterocycles. The van der Waals surface area contributed by atoms with Gasteiger partial charge in [0.1, 0.15) is 17.5 Å². The van der Waals surface area contributed by atoms with E-state index in [2.05, 4.69) is 16.0 Å². The third-order valence-corrected chi connectivity index (χ3v) is 5.47. The normalized spacial score (nSPS) is 14.6. The average molecular weight is 508 g/mol. The molecule has 200 valence electrons. The van der Waals surface area contributed by atoms with Gasteiger partial charge in [-0.05, 0) is 58.2 Å². The summed E-state index contributed by atoms with van der Waals surface area (Å²) in [5.41, 5.74) is 0.0853. The van der Waals surface area contributed by atoms with Gasteiger partial charge in [-0.1, -0.05) is 0 Å². The highest BCUT2D eigenvalue weighted by Crippen LogP contribution is 2.25. The zero-order valence-electron chi connectivity index (χ0n) is 21.8. The average Bonchev–Trinajstić information content (AvgIpc) is 2.76. The van der Waals surface area contributed by atoms with E-state index in [9.17, 15) is 23.6 Å². The molecule has 0 aromatic heterocycles. The largest absolute Gasteiger partial charge is 0.444 e. The van der Waals surface area contributed by atoms with Gasteiger partial charge >= 0.3 is 6.09 Å². The second-order valence-electron chi connectivity index (χ2n) is 9.84. The van der Waals surface area contributed by atoms with Gasteiger partial charge in [0, 0.05) is 52.3 Å². The topological polar surface area (TPSA) is 120 Å². The fraction of sp³-hybridized carbons (Fsp3) is 0.600. The Morgan fingerprint density at radius 2 is 1.69 bits per heavy atom. The van der Waals surface area contributed by atoms with E-state index in [1.54, 1.807) is 17.0 Å². The highest BCUT2D eigenvalue weighted by atomic mass is 19.1. The summed E-state index contributed by atoms with van der Waals surface area (Å²) < 4.78 is 20.3. The summed E-state index contributed by atoms with van der Waals surface area (Å²) in [5, 5.41) is 7.98. The third kappa shape index (κ3) is 9.71. The number of ether oxygens (including phenoxy) is 1. The van der Waals surface area contributed by atoms with Crippen LogP contribution >= 0.6 is 0 Å². The minimum atomic E-state index is -0.775. The van der Waals surface area contributed by atoms with Crippen molar-refractivity contribution in [2.75, 3.05) is 42.9 Å². The summed E-state index contributed by atoms with van der Waals surface area (Å²) in [6.45, 7) is 10.4. The molecule has 3 N–H and O–H groups in total. The highest BCUT2D eigenvalue weighted by Gasteiger charge is 2.27. The summed E-state index contributed by atoms with van der Waals surface area (Å²) >= 11 is 0. The number of hydrogen-bond acceptors (Lipinski definition) is 6. The van der Waals surface area contributed by atoms with Crippen LogP contribution in [0, 0.1) is 5.82 Å². The maximum absolute atomic E-state index is 14.9. The summed E-state index contributed by atoms with van der Waals surface area (Å²) in [5.74, 6) is -1.40. The van der Waals surface area contributed by atoms with Crippen LogP contribution in [0.5, 0.6) is 0 Å². The predicted octanol–water partition coefficient (Wildman–Crippen LogP) is 2.63. The molecule has 0 spiro atoms. The Labute approximate surface area is 211 Å². The van der Waals surface area contributed by atoms with Crippen LogP contribution in [0.15, 0.2) is 18.2 Å². The van der Waals surface area contributed by atoms with Crippen molar-refractivity contribution >= 4 is 35.2 Å². The summed E-state index contributed by atoms with van der Waals surface area (Å²) in [7, 11) is 0. The summed E-state index contributed by atoms with van der Waals surface area (Å²) in [6, 6.07) is 3.67. The van der Waals surface area contributed by atoms with E-state index in [0.29, 0.717) is 57.7 Å². The molecule has 1 fully saturated rings. The fourth-order valence-corrected chi connectivity index (χ4v) is 3.78. The second kappa shape index (κ2) is 13.1. The van der Waals surface area contributed by atoms with E-state index in [4.69, 9.17) is 4.74 Å². The first kappa shape index (κ1) is 28.9. The number of nitrogens with zero attached hydrogens (tertiary/aromatic N) is 2. The van der Waals surface area contributed by atoms with Crippen LogP contribution in [-0.4, -0.2) is 73.1 Å². The number of benzene rings is 1. The van der Waals surface area contributed by atoms with Crippen molar-refractivity contribution in [3.8, 4) is 0 Å². The minimum absolute atomic E-state index is 0.124. The Hall–Kier alpha value is -3.37. The number of carbonyl (C=O) groups excluding carboxylic acids is 4. The quantitative estimate of drug-likeness (QED) is 0.442. The maximum atomic E-state index is 14.9. The van der Waals surface area contributed by atoms with E-state index in [1.165, 1.54) is 19.9 Å². The van der Waals surface area contributed by atoms with Gasteiger partial charge < -0.3 is 30.5 Å². The molecule has 0 saturated carbocycles. The van der Waals surface area contributed by atoms with Gasteiger partial charge in [-0.2, -0.15) is 0 Å². The molecule has 1 saturated heterocycles. The standard InChI is InChI=1S/C25H38FN5O5/c1-17(32)27-11-7-6-8-21(28-18(2)33)23(34)29-19-9-10-22(20(26)16-19)30-12-14-31(15-13-30)24(35)36-25(3,4)5/h9-10,16,21H,6-8,11-15H2,1-5H3,(H,27,32)(H,28,33)(H,29,34)/t21-/m0/s1. The van der Waals surface area contributed by atoms with Crippen LogP contribution in [0.25, 0.3) is 0 Å². The van der Waals surface area contributed by atoms with Crippen LogP contribution in [0.1, 0.15) is 53.9 Å². The van der Waals surface area contributed by atoms with Crippen molar-refractivity contribution < 1.29 is 28.3 Å². The van der Waals surface area contributed by atoms with E-state index in [1.807, 2.05) is 25.7 Å². The van der Waals surface area contributed by atoms with Crippen LogP contribution < -0.4 is 20.9 Å². The number of piperazine rings is 1. The molecule has 4 amide bonds. The molecule has 0 bridgehead atoms. The molecule has 11 heteroatoms. The van der Waals surface area contributed by atoms with E-state index in [-0.39, 0.29) is 23.6 Å². The monoisotopic (exact) mass is 507 g/mol. The maximum Gasteiger partial charge on any atom is 0.410 e. The van der Waals surface area contributed by atoms with Crippen LogP contribution in [0.3, 0.4) is 0 Å². The van der Waals surface area contributed by atoms with Gasteiger partial charge in [0.25, 0.3) is 0 Å². The zero-order valence-corrected chi connectivity index (χ0v) is 21.8. The van der Waals surface area contributed by atoms with Crippen LogP contribution in [0.2, 0.25) is 0 Å². The summed E-state index contributed by atoms with van der Waals surface area (Å²) in [6.07, 6.45) is 1.27.